The molecule has 0 aliphatic heterocycles. The number of aromatic nitrogens is 1. The van der Waals surface area contributed by atoms with Gasteiger partial charge in [0.2, 0.25) is 0 Å². The van der Waals surface area contributed by atoms with E-state index in [0.717, 1.165) is 10.6 Å². The Balaban J connectivity index is 3.06. The Morgan fingerprint density at radius 2 is 2.50 bits per heavy atom. The van der Waals surface area contributed by atoms with Crippen molar-refractivity contribution in [2.75, 3.05) is 5.75 Å². The number of nitriles is 1. The molecule has 12 heavy (non-hydrogen) atoms. The molecule has 0 N–H and O–H groups in total. The highest BCUT2D eigenvalue weighted by atomic mass is 32.2. The minimum Gasteiger partial charge on any atom is -0.245 e. The summed E-state index contributed by atoms with van der Waals surface area (Å²) in [5, 5.41) is 8.67. The Labute approximate surface area is 77.4 Å². The van der Waals surface area contributed by atoms with Crippen LogP contribution in [0.25, 0.3) is 0 Å². The van der Waals surface area contributed by atoms with Crippen LogP contribution in [0.4, 0.5) is 0 Å². The Morgan fingerprint density at radius 1 is 1.75 bits per heavy atom. The van der Waals surface area contributed by atoms with Crippen LogP contribution in [0.1, 0.15) is 12.6 Å². The van der Waals surface area contributed by atoms with Crippen LogP contribution < -0.4 is 5.46 Å². The fourth-order valence-corrected chi connectivity index (χ4v) is 1.57. The third-order valence-corrected chi connectivity index (χ3v) is 2.19. The van der Waals surface area contributed by atoms with Crippen molar-refractivity contribution in [3.63, 3.8) is 0 Å². The van der Waals surface area contributed by atoms with Gasteiger partial charge in [-0.1, -0.05) is 18.5 Å². The molecular weight excluding hydrogens is 167 g/mol. The fourth-order valence-electron chi connectivity index (χ4n) is 0.809. The van der Waals surface area contributed by atoms with E-state index in [1.165, 1.54) is 6.20 Å². The molecule has 1 heterocycles. The summed E-state index contributed by atoms with van der Waals surface area (Å²) < 4.78 is 0. The SMILES string of the molecule is [B]c1cnc(C#N)c(SCC)c1. The van der Waals surface area contributed by atoms with Gasteiger partial charge in [-0.2, -0.15) is 5.26 Å². The molecule has 0 saturated carbocycles. The summed E-state index contributed by atoms with van der Waals surface area (Å²) in [5.74, 6) is 0.916. The molecule has 4 heteroatoms. The molecule has 1 aromatic rings. The summed E-state index contributed by atoms with van der Waals surface area (Å²) in [6, 6.07) is 3.80. The maximum Gasteiger partial charge on any atom is 0.153 e. The molecule has 0 aromatic carbocycles. The first-order valence-electron chi connectivity index (χ1n) is 3.56. The van der Waals surface area contributed by atoms with E-state index in [1.807, 2.05) is 13.0 Å². The van der Waals surface area contributed by atoms with Crippen molar-refractivity contribution < 1.29 is 0 Å². The average Bonchev–Trinajstić information content (AvgIpc) is 2.05. The average molecular weight is 174 g/mol. The summed E-state index contributed by atoms with van der Waals surface area (Å²) in [6.45, 7) is 2.02. The Morgan fingerprint density at radius 3 is 3.08 bits per heavy atom. The molecule has 0 amide bonds. The Bertz CT molecular complexity index is 319. The summed E-state index contributed by atoms with van der Waals surface area (Å²) in [6.07, 6.45) is 1.50. The fraction of sp³-hybridized carbons (Fsp3) is 0.250. The van der Waals surface area contributed by atoms with Crippen molar-refractivity contribution >= 4 is 25.1 Å². The molecule has 0 saturated heterocycles. The van der Waals surface area contributed by atoms with Gasteiger partial charge >= 0.3 is 0 Å². The molecule has 1 rings (SSSR count). The first-order chi connectivity index (χ1) is 5.77. The summed E-state index contributed by atoms with van der Waals surface area (Å²) >= 11 is 1.58. The van der Waals surface area contributed by atoms with Crippen molar-refractivity contribution in [3.05, 3.63) is 18.0 Å². The molecule has 1 aromatic heterocycles. The van der Waals surface area contributed by atoms with Crippen LogP contribution in [0.3, 0.4) is 0 Å². The third kappa shape index (κ3) is 2.02. The monoisotopic (exact) mass is 174 g/mol. The van der Waals surface area contributed by atoms with E-state index in [4.69, 9.17) is 13.1 Å². The molecule has 0 spiro atoms. The van der Waals surface area contributed by atoms with Gasteiger partial charge in [-0.15, -0.1) is 11.8 Å². The molecule has 2 nitrogen and oxygen atoms in total. The zero-order valence-electron chi connectivity index (χ0n) is 6.74. The lowest BCUT2D eigenvalue weighted by molar-refractivity contribution is 1.19. The minimum atomic E-state index is 0.455. The van der Waals surface area contributed by atoms with Crippen LogP contribution in [0.5, 0.6) is 0 Å². The summed E-state index contributed by atoms with van der Waals surface area (Å²) in [4.78, 5) is 4.77. The van der Waals surface area contributed by atoms with Gasteiger partial charge in [-0.25, -0.2) is 4.98 Å². The number of hydrogen-bond donors (Lipinski definition) is 0. The van der Waals surface area contributed by atoms with Gasteiger partial charge in [0.05, 0.1) is 0 Å². The van der Waals surface area contributed by atoms with E-state index < -0.39 is 0 Å². The first kappa shape index (κ1) is 9.15. The zero-order valence-corrected chi connectivity index (χ0v) is 7.56. The topological polar surface area (TPSA) is 36.7 Å². The number of thioether (sulfide) groups is 1. The summed E-state index contributed by atoms with van der Waals surface area (Å²) in [7, 11) is 5.53. The zero-order chi connectivity index (χ0) is 8.97. The molecule has 2 radical (unpaired) electrons. The van der Waals surface area contributed by atoms with Crippen molar-refractivity contribution in [1.82, 2.24) is 4.98 Å². The van der Waals surface area contributed by atoms with Gasteiger partial charge in [0, 0.05) is 11.1 Å². The van der Waals surface area contributed by atoms with Crippen LogP contribution in [-0.4, -0.2) is 18.6 Å². The van der Waals surface area contributed by atoms with Gasteiger partial charge in [-0.05, 0) is 5.75 Å². The minimum absolute atomic E-state index is 0.455. The molecule has 0 bridgehead atoms. The standard InChI is InChI=1S/C8H7BN2S/c1-2-12-8-3-6(9)5-11-7(8)4-10/h3,5H,2H2,1H3. The second-order valence-electron chi connectivity index (χ2n) is 2.16. The van der Waals surface area contributed by atoms with Crippen LogP contribution in [0, 0.1) is 11.3 Å². The lowest BCUT2D eigenvalue weighted by Crippen LogP contribution is -2.05. The van der Waals surface area contributed by atoms with E-state index >= 15 is 0 Å². The molecule has 0 aliphatic carbocycles. The van der Waals surface area contributed by atoms with Crippen molar-refractivity contribution in [2.24, 2.45) is 0 Å². The lowest BCUT2D eigenvalue weighted by atomic mass is 9.99. The van der Waals surface area contributed by atoms with Gasteiger partial charge in [0.1, 0.15) is 13.9 Å². The van der Waals surface area contributed by atoms with E-state index in [9.17, 15) is 0 Å². The largest absolute Gasteiger partial charge is 0.245 e. The summed E-state index contributed by atoms with van der Waals surface area (Å²) in [5.41, 5.74) is 1.06. The maximum absolute atomic E-state index is 8.67. The third-order valence-electron chi connectivity index (χ3n) is 1.28. The lowest BCUT2D eigenvalue weighted by Gasteiger charge is -2.01. The quantitative estimate of drug-likeness (QED) is 0.492. The van der Waals surface area contributed by atoms with Gasteiger partial charge in [0.25, 0.3) is 0 Å². The van der Waals surface area contributed by atoms with Crippen LogP contribution in [-0.2, 0) is 0 Å². The smallest absolute Gasteiger partial charge is 0.153 e. The van der Waals surface area contributed by atoms with Crippen LogP contribution in [0.2, 0.25) is 0 Å². The predicted molar refractivity (Wildman–Crippen MR) is 50.7 cm³/mol. The number of rotatable bonds is 2. The number of hydrogen-bond acceptors (Lipinski definition) is 3. The second kappa shape index (κ2) is 4.17. The normalized spacial score (nSPS) is 9.33. The maximum atomic E-state index is 8.67. The molecule has 58 valence electrons. The van der Waals surface area contributed by atoms with Gasteiger partial charge in [-0.3, -0.25) is 0 Å². The van der Waals surface area contributed by atoms with Crippen LogP contribution >= 0.6 is 11.8 Å². The number of nitrogens with zero attached hydrogens (tertiary/aromatic N) is 2. The predicted octanol–water partition coefficient (Wildman–Crippen LogP) is 0.859. The molecule has 0 unspecified atom stereocenters. The van der Waals surface area contributed by atoms with E-state index in [2.05, 4.69) is 4.98 Å². The Hall–Kier alpha value is -0.945. The highest BCUT2D eigenvalue weighted by Crippen LogP contribution is 2.18. The molecule has 0 atom stereocenters. The molecular formula is C8H7BN2S. The first-order valence-corrected chi connectivity index (χ1v) is 4.55. The van der Waals surface area contributed by atoms with Crippen molar-refractivity contribution in [2.45, 2.75) is 11.8 Å². The second-order valence-corrected chi connectivity index (χ2v) is 3.47. The van der Waals surface area contributed by atoms with Gasteiger partial charge in [0.15, 0.2) is 5.69 Å². The molecule has 0 aliphatic rings. The van der Waals surface area contributed by atoms with Crippen molar-refractivity contribution in [1.29, 1.82) is 5.26 Å². The van der Waals surface area contributed by atoms with Gasteiger partial charge < -0.3 is 0 Å². The number of pyridine rings is 1. The van der Waals surface area contributed by atoms with Crippen molar-refractivity contribution in [3.8, 4) is 6.07 Å². The van der Waals surface area contributed by atoms with E-state index in [0.29, 0.717) is 11.2 Å². The Kier molecular flexibility index (Phi) is 3.18. The highest BCUT2D eigenvalue weighted by molar-refractivity contribution is 7.99. The highest BCUT2D eigenvalue weighted by Gasteiger charge is 2.01. The molecule has 0 fully saturated rings. The van der Waals surface area contributed by atoms with Crippen LogP contribution in [0.15, 0.2) is 17.2 Å². The van der Waals surface area contributed by atoms with E-state index in [-0.39, 0.29) is 0 Å². The van der Waals surface area contributed by atoms with E-state index in [1.54, 1.807) is 17.8 Å².